The number of H-pyrrole nitrogens is 1. The van der Waals surface area contributed by atoms with Crippen LogP contribution in [-0.2, 0) is 4.79 Å². The van der Waals surface area contributed by atoms with Crippen LogP contribution in [0.25, 0.3) is 11.0 Å². The van der Waals surface area contributed by atoms with Gasteiger partial charge in [0, 0.05) is 17.8 Å². The maximum Gasteiger partial charge on any atom is 0.278 e. The maximum atomic E-state index is 12.7. The fourth-order valence-electron chi connectivity index (χ4n) is 2.30. The lowest BCUT2D eigenvalue weighted by atomic mass is 10.3. The highest BCUT2D eigenvalue weighted by Crippen LogP contribution is 2.21. The van der Waals surface area contributed by atoms with Crippen LogP contribution in [0.1, 0.15) is 45.9 Å². The van der Waals surface area contributed by atoms with Crippen LogP contribution >= 0.6 is 11.8 Å². The van der Waals surface area contributed by atoms with Crippen LogP contribution in [0, 0.1) is 6.92 Å². The smallest absolute Gasteiger partial charge is 0.278 e. The predicted molar refractivity (Wildman–Crippen MR) is 94.1 cm³/mol. The number of hydrogen-bond donors (Lipinski definition) is 2. The molecule has 0 unspecified atom stereocenters. The minimum atomic E-state index is -0.0945. The van der Waals surface area contributed by atoms with Gasteiger partial charge in [0.15, 0.2) is 5.16 Å². The highest BCUT2D eigenvalue weighted by Gasteiger charge is 2.17. The van der Waals surface area contributed by atoms with Crippen LogP contribution in [0.15, 0.2) is 16.0 Å². The minimum absolute atomic E-state index is 0.0249. The summed E-state index contributed by atoms with van der Waals surface area (Å²) in [6.07, 6.45) is 0.889. The molecule has 7 heteroatoms. The van der Waals surface area contributed by atoms with Gasteiger partial charge in [-0.15, -0.1) is 0 Å². The summed E-state index contributed by atoms with van der Waals surface area (Å²) >= 11 is 1.30. The second-order valence-electron chi connectivity index (χ2n) is 6.04. The van der Waals surface area contributed by atoms with Crippen LogP contribution in [0.5, 0.6) is 0 Å². The first-order valence-electron chi connectivity index (χ1n) is 7.87. The molecular weight excluding hydrogens is 312 g/mol. The number of carbonyl (C=O) groups is 1. The molecule has 2 N–H and O–H groups in total. The molecule has 0 aliphatic heterocycles. The number of carbonyl (C=O) groups excluding carboxylic acids is 1. The van der Waals surface area contributed by atoms with Crippen molar-refractivity contribution in [3.05, 3.63) is 22.1 Å². The lowest BCUT2D eigenvalue weighted by Crippen LogP contribution is -2.33. The summed E-state index contributed by atoms with van der Waals surface area (Å²) in [4.78, 5) is 32.2. The Kier molecular flexibility index (Phi) is 5.51. The van der Waals surface area contributed by atoms with Crippen LogP contribution in [0.2, 0.25) is 0 Å². The first kappa shape index (κ1) is 17.6. The van der Waals surface area contributed by atoms with E-state index in [-0.39, 0.29) is 29.3 Å². The quantitative estimate of drug-likeness (QED) is 0.628. The van der Waals surface area contributed by atoms with E-state index in [1.165, 1.54) is 11.8 Å². The zero-order valence-corrected chi connectivity index (χ0v) is 15.1. The molecule has 0 radical (unpaired) electrons. The number of nitrogens with one attached hydrogen (secondary N) is 2. The summed E-state index contributed by atoms with van der Waals surface area (Å²) in [5.74, 6) is 0.206. The molecule has 1 amide bonds. The minimum Gasteiger partial charge on any atom is -0.353 e. The average molecular weight is 336 g/mol. The fraction of sp³-hybridized carbons (Fsp3) is 0.562. The molecular formula is C16H24N4O2S. The summed E-state index contributed by atoms with van der Waals surface area (Å²) in [5.41, 5.74) is 1.97. The number of aryl methyl sites for hydroxylation is 1. The molecule has 2 heterocycles. The second-order valence-corrected chi connectivity index (χ2v) is 6.98. The van der Waals surface area contributed by atoms with E-state index in [2.05, 4.69) is 15.3 Å². The van der Waals surface area contributed by atoms with Crippen molar-refractivity contribution in [3.8, 4) is 0 Å². The Hall–Kier alpha value is -1.76. The Labute approximate surface area is 140 Å². The molecule has 23 heavy (non-hydrogen) atoms. The second kappa shape index (κ2) is 7.21. The molecule has 0 aromatic carbocycles. The molecule has 0 spiro atoms. The molecule has 2 aromatic rings. The highest BCUT2D eigenvalue weighted by atomic mass is 32.2. The van der Waals surface area contributed by atoms with Gasteiger partial charge in [-0.25, -0.2) is 4.98 Å². The lowest BCUT2D eigenvalue weighted by molar-refractivity contribution is -0.119. The number of thioether (sulfide) groups is 1. The van der Waals surface area contributed by atoms with Gasteiger partial charge >= 0.3 is 0 Å². The first-order chi connectivity index (χ1) is 10.8. The van der Waals surface area contributed by atoms with Crippen molar-refractivity contribution in [1.82, 2.24) is 19.9 Å². The van der Waals surface area contributed by atoms with Gasteiger partial charge in [-0.2, -0.15) is 0 Å². The third kappa shape index (κ3) is 3.96. The largest absolute Gasteiger partial charge is 0.353 e. The fourth-order valence-corrected chi connectivity index (χ4v) is 3.24. The molecule has 0 fully saturated rings. The Morgan fingerprint density at radius 1 is 1.43 bits per heavy atom. The van der Waals surface area contributed by atoms with E-state index in [0.717, 1.165) is 12.1 Å². The topological polar surface area (TPSA) is 79.8 Å². The summed E-state index contributed by atoms with van der Waals surface area (Å²) < 4.78 is 1.64. The summed E-state index contributed by atoms with van der Waals surface area (Å²) in [7, 11) is 0. The third-order valence-corrected chi connectivity index (χ3v) is 4.61. The van der Waals surface area contributed by atoms with E-state index in [4.69, 9.17) is 0 Å². The van der Waals surface area contributed by atoms with Crippen molar-refractivity contribution in [1.29, 1.82) is 0 Å². The Balaban J connectivity index is 2.30. The SMILES string of the molecule is CC[C@H](C)NC(=O)CSc1nc2cc(C)[nH]c2c(=O)n1C(C)C. The molecule has 1 atom stereocenters. The maximum absolute atomic E-state index is 12.7. The summed E-state index contributed by atoms with van der Waals surface area (Å²) in [5, 5.41) is 3.50. The number of amides is 1. The molecule has 2 aromatic heterocycles. The first-order valence-corrected chi connectivity index (χ1v) is 8.86. The molecule has 0 bridgehead atoms. The van der Waals surface area contributed by atoms with Gasteiger partial charge < -0.3 is 10.3 Å². The molecule has 0 saturated carbocycles. The zero-order valence-electron chi connectivity index (χ0n) is 14.3. The van der Waals surface area contributed by atoms with Gasteiger partial charge in [-0.05, 0) is 40.2 Å². The lowest BCUT2D eigenvalue weighted by Gasteiger charge is -2.15. The van der Waals surface area contributed by atoms with E-state index < -0.39 is 0 Å². The summed E-state index contributed by atoms with van der Waals surface area (Å²) in [6.45, 7) is 9.77. The zero-order chi connectivity index (χ0) is 17.1. The molecule has 126 valence electrons. The van der Waals surface area contributed by atoms with Crippen molar-refractivity contribution < 1.29 is 4.79 Å². The van der Waals surface area contributed by atoms with E-state index in [9.17, 15) is 9.59 Å². The van der Waals surface area contributed by atoms with Crippen molar-refractivity contribution in [2.24, 2.45) is 0 Å². The van der Waals surface area contributed by atoms with Crippen LogP contribution in [0.3, 0.4) is 0 Å². The number of aromatic nitrogens is 3. The monoisotopic (exact) mass is 336 g/mol. The van der Waals surface area contributed by atoms with E-state index >= 15 is 0 Å². The van der Waals surface area contributed by atoms with Gasteiger partial charge in [0.2, 0.25) is 5.91 Å². The van der Waals surface area contributed by atoms with E-state index in [1.807, 2.05) is 40.7 Å². The number of aromatic amines is 1. The van der Waals surface area contributed by atoms with Gasteiger partial charge in [0.05, 0.1) is 11.3 Å². The Morgan fingerprint density at radius 2 is 2.13 bits per heavy atom. The van der Waals surface area contributed by atoms with Gasteiger partial charge in [0.25, 0.3) is 5.56 Å². The van der Waals surface area contributed by atoms with E-state index in [0.29, 0.717) is 16.2 Å². The average Bonchev–Trinajstić information content (AvgIpc) is 2.85. The predicted octanol–water partition coefficient (Wildman–Crippen LogP) is 2.62. The van der Waals surface area contributed by atoms with Crippen LogP contribution < -0.4 is 10.9 Å². The van der Waals surface area contributed by atoms with Crippen molar-refractivity contribution >= 4 is 28.7 Å². The highest BCUT2D eigenvalue weighted by molar-refractivity contribution is 7.99. The molecule has 0 aliphatic carbocycles. The Bertz CT molecular complexity index is 763. The van der Waals surface area contributed by atoms with Gasteiger partial charge in [-0.1, -0.05) is 18.7 Å². The normalized spacial score (nSPS) is 12.8. The number of nitrogens with zero attached hydrogens (tertiary/aromatic N) is 2. The number of rotatable bonds is 6. The molecule has 0 aliphatic rings. The van der Waals surface area contributed by atoms with Crippen molar-refractivity contribution in [3.63, 3.8) is 0 Å². The molecule has 6 nitrogen and oxygen atoms in total. The molecule has 2 rings (SSSR count). The molecule has 0 saturated heterocycles. The third-order valence-electron chi connectivity index (χ3n) is 3.65. The number of fused-ring (bicyclic) bond motifs is 1. The van der Waals surface area contributed by atoms with E-state index in [1.54, 1.807) is 4.57 Å². The van der Waals surface area contributed by atoms with Gasteiger partial charge in [-0.3, -0.25) is 14.2 Å². The van der Waals surface area contributed by atoms with Crippen LogP contribution in [-0.4, -0.2) is 32.2 Å². The number of hydrogen-bond acceptors (Lipinski definition) is 4. The van der Waals surface area contributed by atoms with Crippen LogP contribution in [0.4, 0.5) is 0 Å². The standard InChI is InChI=1S/C16H24N4O2S/c1-6-10(4)17-13(21)8-23-16-19-12-7-11(5)18-14(12)15(22)20(16)9(2)3/h7,9-10,18H,6,8H2,1-5H3,(H,17,21)/t10-/m0/s1. The Morgan fingerprint density at radius 3 is 2.74 bits per heavy atom. The summed E-state index contributed by atoms with van der Waals surface area (Å²) in [6, 6.07) is 1.98. The van der Waals surface area contributed by atoms with Crippen molar-refractivity contribution in [2.45, 2.75) is 58.3 Å². The van der Waals surface area contributed by atoms with Crippen molar-refractivity contribution in [2.75, 3.05) is 5.75 Å². The van der Waals surface area contributed by atoms with Gasteiger partial charge in [0.1, 0.15) is 5.52 Å².